The summed E-state index contributed by atoms with van der Waals surface area (Å²) < 4.78 is 24.9. The summed E-state index contributed by atoms with van der Waals surface area (Å²) in [6, 6.07) is 8.56. The van der Waals surface area contributed by atoms with Crippen LogP contribution in [0.2, 0.25) is 0 Å². The molecule has 3 aliphatic rings. The van der Waals surface area contributed by atoms with Crippen molar-refractivity contribution in [2.75, 3.05) is 24.1 Å². The van der Waals surface area contributed by atoms with Gasteiger partial charge in [-0.05, 0) is 75.2 Å². The van der Waals surface area contributed by atoms with Crippen LogP contribution in [0.5, 0.6) is 0 Å². The second-order valence-electron chi connectivity index (χ2n) is 6.83. The van der Waals surface area contributed by atoms with Crippen molar-refractivity contribution in [1.82, 2.24) is 4.90 Å². The van der Waals surface area contributed by atoms with Gasteiger partial charge >= 0.3 is 0 Å². The number of benzene rings is 1. The minimum absolute atomic E-state index is 0.641. The standard InChI is InChI=1S/C17H26N2O2S/c1-22(20,21)18-16-7-5-14(6-8-16)3-2-4-17-13-15-9-11-19(17)12-10-15/h5-8,15,17-18H,2-4,9-13H2,1H3. The van der Waals surface area contributed by atoms with E-state index in [4.69, 9.17) is 0 Å². The molecule has 0 spiro atoms. The molecule has 2 bridgehead atoms. The van der Waals surface area contributed by atoms with E-state index in [9.17, 15) is 8.42 Å². The van der Waals surface area contributed by atoms with E-state index in [2.05, 4.69) is 9.62 Å². The highest BCUT2D eigenvalue weighted by Crippen LogP contribution is 2.33. The number of aryl methyl sites for hydroxylation is 1. The largest absolute Gasteiger partial charge is 0.300 e. The molecule has 0 aliphatic carbocycles. The minimum Gasteiger partial charge on any atom is -0.300 e. The number of piperidine rings is 3. The monoisotopic (exact) mass is 322 g/mol. The van der Waals surface area contributed by atoms with Crippen LogP contribution >= 0.6 is 0 Å². The van der Waals surface area contributed by atoms with Crippen LogP contribution in [-0.2, 0) is 16.4 Å². The van der Waals surface area contributed by atoms with Crippen molar-refractivity contribution < 1.29 is 8.42 Å². The predicted molar refractivity (Wildman–Crippen MR) is 90.5 cm³/mol. The molecule has 4 rings (SSSR count). The number of sulfonamides is 1. The van der Waals surface area contributed by atoms with Gasteiger partial charge in [0.25, 0.3) is 0 Å². The summed E-state index contributed by atoms with van der Waals surface area (Å²) in [6.07, 6.45) is 8.97. The fraction of sp³-hybridized carbons (Fsp3) is 0.647. The van der Waals surface area contributed by atoms with Gasteiger partial charge in [0.05, 0.1) is 6.26 Å². The van der Waals surface area contributed by atoms with E-state index in [0.29, 0.717) is 5.69 Å². The topological polar surface area (TPSA) is 49.4 Å². The average Bonchev–Trinajstić information content (AvgIpc) is 2.49. The fourth-order valence-corrected chi connectivity index (χ4v) is 4.45. The molecule has 3 aliphatic heterocycles. The molecule has 3 fully saturated rings. The number of fused-ring (bicyclic) bond motifs is 3. The van der Waals surface area contributed by atoms with Gasteiger partial charge in [-0.3, -0.25) is 4.72 Å². The zero-order valence-electron chi connectivity index (χ0n) is 13.3. The Hall–Kier alpha value is -1.07. The molecular formula is C17H26N2O2S. The Bertz CT molecular complexity index is 590. The lowest BCUT2D eigenvalue weighted by Gasteiger charge is -2.45. The fourth-order valence-electron chi connectivity index (χ4n) is 3.88. The zero-order chi connectivity index (χ0) is 15.6. The van der Waals surface area contributed by atoms with Gasteiger partial charge in [0.2, 0.25) is 10.0 Å². The van der Waals surface area contributed by atoms with Gasteiger partial charge in [-0.1, -0.05) is 12.1 Å². The molecule has 0 saturated carbocycles. The smallest absolute Gasteiger partial charge is 0.229 e. The first-order valence-corrected chi connectivity index (χ1v) is 10.2. The van der Waals surface area contributed by atoms with Gasteiger partial charge in [-0.15, -0.1) is 0 Å². The summed E-state index contributed by atoms with van der Waals surface area (Å²) in [5.74, 6) is 0.983. The molecule has 3 heterocycles. The van der Waals surface area contributed by atoms with Crippen LogP contribution in [0, 0.1) is 5.92 Å². The van der Waals surface area contributed by atoms with Gasteiger partial charge in [0.1, 0.15) is 0 Å². The van der Waals surface area contributed by atoms with E-state index in [1.807, 2.05) is 24.3 Å². The Balaban J connectivity index is 1.46. The van der Waals surface area contributed by atoms with Crippen LogP contribution in [0.25, 0.3) is 0 Å². The van der Waals surface area contributed by atoms with Crippen molar-refractivity contribution in [2.24, 2.45) is 5.92 Å². The third-order valence-corrected chi connectivity index (χ3v) is 5.64. The van der Waals surface area contributed by atoms with Gasteiger partial charge in [0, 0.05) is 11.7 Å². The molecule has 122 valence electrons. The summed E-state index contributed by atoms with van der Waals surface area (Å²) in [7, 11) is -3.18. The average molecular weight is 322 g/mol. The normalized spacial score (nSPS) is 27.8. The molecular weight excluding hydrogens is 296 g/mol. The number of nitrogens with zero attached hydrogens (tertiary/aromatic N) is 1. The van der Waals surface area contributed by atoms with E-state index in [1.165, 1.54) is 57.0 Å². The van der Waals surface area contributed by atoms with E-state index in [0.717, 1.165) is 18.4 Å². The molecule has 22 heavy (non-hydrogen) atoms. The Kier molecular flexibility index (Phi) is 4.73. The maximum absolute atomic E-state index is 11.2. The second kappa shape index (κ2) is 6.59. The van der Waals surface area contributed by atoms with Crippen molar-refractivity contribution >= 4 is 15.7 Å². The third kappa shape index (κ3) is 4.23. The third-order valence-electron chi connectivity index (χ3n) is 5.03. The van der Waals surface area contributed by atoms with Crippen molar-refractivity contribution in [1.29, 1.82) is 0 Å². The van der Waals surface area contributed by atoms with Crippen LogP contribution in [0.4, 0.5) is 5.69 Å². The first-order valence-electron chi connectivity index (χ1n) is 8.30. The lowest BCUT2D eigenvalue weighted by Crippen LogP contribution is -2.48. The quantitative estimate of drug-likeness (QED) is 0.876. The molecule has 5 heteroatoms. The molecule has 1 N–H and O–H groups in total. The highest BCUT2D eigenvalue weighted by molar-refractivity contribution is 7.92. The number of hydrogen-bond donors (Lipinski definition) is 1. The van der Waals surface area contributed by atoms with Crippen LogP contribution in [-0.4, -0.2) is 38.7 Å². The van der Waals surface area contributed by atoms with Crippen molar-refractivity contribution in [2.45, 2.75) is 44.6 Å². The highest BCUT2D eigenvalue weighted by Gasteiger charge is 2.32. The molecule has 3 saturated heterocycles. The van der Waals surface area contributed by atoms with E-state index < -0.39 is 10.0 Å². The van der Waals surface area contributed by atoms with Gasteiger partial charge in [-0.2, -0.15) is 0 Å². The van der Waals surface area contributed by atoms with Crippen LogP contribution in [0.15, 0.2) is 24.3 Å². The van der Waals surface area contributed by atoms with E-state index in [1.54, 1.807) is 0 Å². The van der Waals surface area contributed by atoms with Crippen molar-refractivity contribution in [3.63, 3.8) is 0 Å². The lowest BCUT2D eigenvalue weighted by atomic mass is 9.81. The number of nitrogens with one attached hydrogen (secondary N) is 1. The number of rotatable bonds is 6. The molecule has 0 aromatic heterocycles. The van der Waals surface area contributed by atoms with E-state index in [-0.39, 0.29) is 0 Å². The van der Waals surface area contributed by atoms with Crippen molar-refractivity contribution in [3.8, 4) is 0 Å². The first-order chi connectivity index (χ1) is 10.5. The zero-order valence-corrected chi connectivity index (χ0v) is 14.1. The Morgan fingerprint density at radius 1 is 1.18 bits per heavy atom. The summed E-state index contributed by atoms with van der Waals surface area (Å²) >= 11 is 0. The number of hydrogen-bond acceptors (Lipinski definition) is 3. The molecule has 1 aromatic carbocycles. The molecule has 4 nitrogen and oxygen atoms in total. The summed E-state index contributed by atoms with van der Waals surface area (Å²) in [5.41, 5.74) is 1.93. The highest BCUT2D eigenvalue weighted by atomic mass is 32.2. The Morgan fingerprint density at radius 2 is 1.86 bits per heavy atom. The molecule has 1 aromatic rings. The van der Waals surface area contributed by atoms with Crippen LogP contribution in [0.1, 0.15) is 37.7 Å². The maximum Gasteiger partial charge on any atom is 0.229 e. The van der Waals surface area contributed by atoms with Crippen molar-refractivity contribution in [3.05, 3.63) is 29.8 Å². The van der Waals surface area contributed by atoms with Crippen LogP contribution < -0.4 is 4.72 Å². The molecule has 1 unspecified atom stereocenters. The van der Waals surface area contributed by atoms with Gasteiger partial charge in [0.15, 0.2) is 0 Å². The summed E-state index contributed by atoms with van der Waals surface area (Å²) in [5, 5.41) is 0. The minimum atomic E-state index is -3.18. The SMILES string of the molecule is CS(=O)(=O)Nc1ccc(CCCC2CC3CCN2CC3)cc1. The molecule has 0 radical (unpaired) electrons. The van der Waals surface area contributed by atoms with Gasteiger partial charge < -0.3 is 4.90 Å². The Labute approximate surface area is 134 Å². The second-order valence-corrected chi connectivity index (χ2v) is 8.58. The summed E-state index contributed by atoms with van der Waals surface area (Å²) in [6.45, 7) is 2.61. The maximum atomic E-state index is 11.2. The first kappa shape index (κ1) is 15.8. The molecule has 0 amide bonds. The Morgan fingerprint density at radius 3 is 2.41 bits per heavy atom. The predicted octanol–water partition coefficient (Wildman–Crippen LogP) is 2.87. The lowest BCUT2D eigenvalue weighted by molar-refractivity contribution is 0.0442. The van der Waals surface area contributed by atoms with Crippen LogP contribution in [0.3, 0.4) is 0 Å². The summed E-state index contributed by atoms with van der Waals surface area (Å²) in [4.78, 5) is 2.68. The number of anilines is 1. The molecule has 1 atom stereocenters. The van der Waals surface area contributed by atoms with Gasteiger partial charge in [-0.25, -0.2) is 8.42 Å². The van der Waals surface area contributed by atoms with E-state index >= 15 is 0 Å².